The lowest BCUT2D eigenvalue weighted by atomic mass is 9.48. The lowest BCUT2D eigenvalue weighted by Crippen LogP contribution is -2.71. The Balaban J connectivity index is 1.22. The summed E-state index contributed by atoms with van der Waals surface area (Å²) in [5, 5.41) is 5.00. The van der Waals surface area contributed by atoms with Crippen LogP contribution in [0.3, 0.4) is 0 Å². The zero-order valence-corrected chi connectivity index (χ0v) is 19.2. The zero-order valence-electron chi connectivity index (χ0n) is 19.2. The Morgan fingerprint density at radius 1 is 1.18 bits per heavy atom. The fourth-order valence-corrected chi connectivity index (χ4v) is 7.05. The van der Waals surface area contributed by atoms with Crippen LogP contribution in [0.2, 0.25) is 0 Å². The zero-order chi connectivity index (χ0) is 22.2. The first-order valence-corrected chi connectivity index (χ1v) is 12.4. The third kappa shape index (κ3) is 2.90. The van der Waals surface area contributed by atoms with Crippen molar-refractivity contribution in [1.82, 2.24) is 19.8 Å². The molecule has 0 radical (unpaired) electrons. The second kappa shape index (κ2) is 7.09. The third-order valence-electron chi connectivity index (χ3n) is 8.64. The fourth-order valence-electron chi connectivity index (χ4n) is 7.05. The largest absolute Gasteiger partial charge is 0.378 e. The van der Waals surface area contributed by atoms with Gasteiger partial charge in [-0.05, 0) is 62.3 Å². The van der Waals surface area contributed by atoms with Gasteiger partial charge in [0.1, 0.15) is 0 Å². The molecule has 1 aromatic carbocycles. The van der Waals surface area contributed by atoms with Gasteiger partial charge < -0.3 is 10.3 Å². The number of rotatable bonds is 5. The molecule has 2 atom stereocenters. The molecule has 2 aliphatic heterocycles. The molecule has 8 rings (SSSR count). The topological polar surface area (TPSA) is 47.2 Å². The minimum absolute atomic E-state index is 0.196. The molecule has 33 heavy (non-hydrogen) atoms. The SMILES string of the molecule is C#CCN1CC(Nc2ccc([C@@H]3c4[nH]c5ccccc5c4C[C@@H](C)N3C34CC(C3)C4)nc2)C1. The van der Waals surface area contributed by atoms with E-state index in [-0.39, 0.29) is 6.04 Å². The van der Waals surface area contributed by atoms with E-state index in [9.17, 15) is 0 Å². The molecule has 2 N–H and O–H groups in total. The van der Waals surface area contributed by atoms with E-state index in [0.29, 0.717) is 17.6 Å². The first-order valence-electron chi connectivity index (χ1n) is 12.4. The van der Waals surface area contributed by atoms with Gasteiger partial charge in [-0.3, -0.25) is 14.8 Å². The molecule has 2 bridgehead atoms. The molecule has 2 aromatic heterocycles. The van der Waals surface area contributed by atoms with Crippen molar-refractivity contribution in [1.29, 1.82) is 0 Å². The quantitative estimate of drug-likeness (QED) is 0.588. The Hall–Kier alpha value is -2.81. The minimum atomic E-state index is 0.196. The predicted molar refractivity (Wildman–Crippen MR) is 132 cm³/mol. The number of H-pyrrole nitrogens is 1. The predicted octanol–water partition coefficient (Wildman–Crippen LogP) is 4.18. The van der Waals surface area contributed by atoms with Crippen molar-refractivity contribution in [3.8, 4) is 12.3 Å². The molecule has 0 amide bonds. The van der Waals surface area contributed by atoms with Gasteiger partial charge in [0.15, 0.2) is 0 Å². The average molecular weight is 438 g/mol. The summed E-state index contributed by atoms with van der Waals surface area (Å²) >= 11 is 0. The Labute approximate surface area is 195 Å². The highest BCUT2D eigenvalue weighted by atomic mass is 15.3. The molecule has 5 aliphatic rings. The van der Waals surface area contributed by atoms with E-state index in [0.717, 1.165) is 43.4 Å². The van der Waals surface area contributed by atoms with Gasteiger partial charge in [-0.15, -0.1) is 6.42 Å². The van der Waals surface area contributed by atoms with Crippen molar-refractivity contribution in [3.63, 3.8) is 0 Å². The molecular formula is C28H31N5. The van der Waals surface area contributed by atoms with Crippen LogP contribution in [0.25, 0.3) is 10.9 Å². The highest BCUT2D eigenvalue weighted by Crippen LogP contribution is 2.64. The first kappa shape index (κ1) is 19.6. The second-order valence-corrected chi connectivity index (χ2v) is 10.8. The molecule has 4 heterocycles. The van der Waals surface area contributed by atoms with Gasteiger partial charge in [-0.25, -0.2) is 0 Å². The summed E-state index contributed by atoms with van der Waals surface area (Å²) < 4.78 is 0. The van der Waals surface area contributed by atoms with Crippen molar-refractivity contribution >= 4 is 16.6 Å². The van der Waals surface area contributed by atoms with Crippen LogP contribution in [-0.2, 0) is 6.42 Å². The van der Waals surface area contributed by atoms with Crippen molar-refractivity contribution in [2.75, 3.05) is 25.0 Å². The number of hydrogen-bond acceptors (Lipinski definition) is 4. The molecule has 0 spiro atoms. The van der Waals surface area contributed by atoms with E-state index in [1.807, 2.05) is 6.20 Å². The van der Waals surface area contributed by atoms with Crippen LogP contribution in [0, 0.1) is 18.3 Å². The maximum atomic E-state index is 5.42. The lowest BCUT2D eigenvalue weighted by Gasteiger charge is -2.69. The van der Waals surface area contributed by atoms with E-state index in [2.05, 4.69) is 69.3 Å². The van der Waals surface area contributed by atoms with Crippen LogP contribution in [0.5, 0.6) is 0 Å². The summed E-state index contributed by atoms with van der Waals surface area (Å²) in [5.41, 5.74) is 6.73. The number of likely N-dealkylation sites (tertiary alicyclic amines) is 1. The maximum absolute atomic E-state index is 5.42. The van der Waals surface area contributed by atoms with E-state index in [4.69, 9.17) is 11.4 Å². The second-order valence-electron chi connectivity index (χ2n) is 10.8. The maximum Gasteiger partial charge on any atom is 0.0937 e. The van der Waals surface area contributed by atoms with Crippen LogP contribution < -0.4 is 5.32 Å². The number of para-hydroxylation sites is 1. The van der Waals surface area contributed by atoms with E-state index >= 15 is 0 Å². The molecule has 5 heteroatoms. The number of benzene rings is 1. The van der Waals surface area contributed by atoms with Gasteiger partial charge in [0.25, 0.3) is 0 Å². The number of hydrogen-bond donors (Lipinski definition) is 2. The summed E-state index contributed by atoms with van der Waals surface area (Å²) in [5.74, 6) is 3.68. The number of aromatic amines is 1. The van der Waals surface area contributed by atoms with Crippen LogP contribution in [0.1, 0.15) is 49.2 Å². The molecular weight excluding hydrogens is 406 g/mol. The molecule has 168 valence electrons. The number of nitrogens with one attached hydrogen (secondary N) is 2. The Bertz CT molecular complexity index is 1230. The standard InChI is InChI=1S/C28H31N5/c1-3-10-32-16-21(17-32)30-20-8-9-25(29-15-20)27-26-23(22-6-4-5-7-24(22)31-26)11-18(2)33(27)28-12-19(13-28)14-28/h1,4-9,15,18-19,21,27,30-31H,10-14,16-17H2,2H3/t18-,19?,27-,28?/m1/s1. The van der Waals surface area contributed by atoms with Gasteiger partial charge >= 0.3 is 0 Å². The molecule has 5 nitrogen and oxygen atoms in total. The highest BCUT2D eigenvalue weighted by molar-refractivity contribution is 5.85. The Morgan fingerprint density at radius 2 is 2.00 bits per heavy atom. The molecule has 3 aromatic rings. The van der Waals surface area contributed by atoms with Crippen LogP contribution in [0.15, 0.2) is 42.6 Å². The van der Waals surface area contributed by atoms with Crippen LogP contribution in [0.4, 0.5) is 5.69 Å². The molecule has 4 fully saturated rings. The molecule has 1 saturated heterocycles. The summed E-state index contributed by atoms with van der Waals surface area (Å²) in [7, 11) is 0. The summed E-state index contributed by atoms with van der Waals surface area (Å²) in [6.07, 6.45) is 12.6. The lowest BCUT2D eigenvalue weighted by molar-refractivity contribution is -0.174. The van der Waals surface area contributed by atoms with Gasteiger partial charge in [0, 0.05) is 41.3 Å². The fraction of sp³-hybridized carbons (Fsp3) is 0.464. The van der Waals surface area contributed by atoms with E-state index < -0.39 is 0 Å². The Morgan fingerprint density at radius 3 is 2.70 bits per heavy atom. The Kier molecular flexibility index (Phi) is 4.22. The number of anilines is 1. The first-order chi connectivity index (χ1) is 16.1. The van der Waals surface area contributed by atoms with Gasteiger partial charge in [-0.1, -0.05) is 24.1 Å². The minimum Gasteiger partial charge on any atom is -0.378 e. The normalized spacial score (nSPS) is 31.2. The number of fused-ring (bicyclic) bond motifs is 3. The summed E-state index contributed by atoms with van der Waals surface area (Å²) in [6.45, 7) is 5.16. The van der Waals surface area contributed by atoms with Crippen molar-refractivity contribution in [3.05, 3.63) is 59.5 Å². The van der Waals surface area contributed by atoms with Crippen LogP contribution in [-0.4, -0.2) is 57.0 Å². The number of nitrogens with zero attached hydrogens (tertiary/aromatic N) is 3. The average Bonchev–Trinajstić information content (AvgIpc) is 3.09. The van der Waals surface area contributed by atoms with Crippen molar-refractivity contribution in [2.24, 2.45) is 5.92 Å². The van der Waals surface area contributed by atoms with E-state index in [1.165, 1.54) is 41.4 Å². The number of aromatic nitrogens is 2. The number of terminal acetylenes is 1. The summed E-state index contributed by atoms with van der Waals surface area (Å²) in [6, 6.07) is 14.4. The third-order valence-corrected chi connectivity index (χ3v) is 8.64. The van der Waals surface area contributed by atoms with Crippen molar-refractivity contribution < 1.29 is 0 Å². The van der Waals surface area contributed by atoms with E-state index in [1.54, 1.807) is 0 Å². The van der Waals surface area contributed by atoms with Gasteiger partial charge in [0.2, 0.25) is 0 Å². The smallest absolute Gasteiger partial charge is 0.0937 e. The monoisotopic (exact) mass is 437 g/mol. The van der Waals surface area contributed by atoms with Gasteiger partial charge in [-0.2, -0.15) is 0 Å². The van der Waals surface area contributed by atoms with Gasteiger partial charge in [0.05, 0.1) is 36.2 Å². The van der Waals surface area contributed by atoms with Crippen LogP contribution >= 0.6 is 0 Å². The number of pyridine rings is 1. The molecule has 0 unspecified atom stereocenters. The summed E-state index contributed by atoms with van der Waals surface area (Å²) in [4.78, 5) is 14.0. The highest BCUT2D eigenvalue weighted by Gasteiger charge is 2.63. The van der Waals surface area contributed by atoms with Crippen molar-refractivity contribution in [2.45, 2.75) is 56.3 Å². The molecule has 3 aliphatic carbocycles. The molecule has 3 saturated carbocycles.